The largest absolute Gasteiger partial charge is 0.388 e. The van der Waals surface area contributed by atoms with Gasteiger partial charge in [0, 0.05) is 17.0 Å². The number of amides is 1. The lowest BCUT2D eigenvalue weighted by atomic mass is 9.80. The van der Waals surface area contributed by atoms with E-state index in [9.17, 15) is 9.90 Å². The van der Waals surface area contributed by atoms with Gasteiger partial charge in [-0.25, -0.2) is 4.98 Å². The first kappa shape index (κ1) is 13.3. The molecule has 1 aliphatic rings. The summed E-state index contributed by atoms with van der Waals surface area (Å²) in [5.74, 6) is -0.271. The average molecular weight is 291 g/mol. The summed E-state index contributed by atoms with van der Waals surface area (Å²) < 4.78 is 0. The first-order chi connectivity index (χ1) is 9.56. The number of carbonyl (C=O) groups excluding carboxylic acids is 1. The second-order valence-corrected chi connectivity index (χ2v) is 5.73. The molecule has 1 heterocycles. The van der Waals surface area contributed by atoms with Crippen molar-refractivity contribution in [2.75, 3.05) is 6.54 Å². The molecule has 0 aliphatic heterocycles. The van der Waals surface area contributed by atoms with Crippen LogP contribution >= 0.6 is 11.6 Å². The molecule has 1 saturated carbocycles. The molecule has 4 nitrogen and oxygen atoms in total. The predicted molar refractivity (Wildman–Crippen MR) is 77.9 cm³/mol. The Morgan fingerprint density at radius 2 is 2.10 bits per heavy atom. The molecule has 1 amide bonds. The Morgan fingerprint density at radius 3 is 2.80 bits per heavy atom. The summed E-state index contributed by atoms with van der Waals surface area (Å²) in [4.78, 5) is 16.3. The lowest BCUT2D eigenvalue weighted by molar-refractivity contribution is -0.0300. The van der Waals surface area contributed by atoms with E-state index in [-0.39, 0.29) is 12.5 Å². The normalized spacial score (nSPS) is 16.7. The van der Waals surface area contributed by atoms with Gasteiger partial charge >= 0.3 is 0 Å². The number of hydrogen-bond acceptors (Lipinski definition) is 3. The minimum absolute atomic E-state index is 0.271. The van der Waals surface area contributed by atoms with Crippen LogP contribution in [0.15, 0.2) is 30.3 Å². The van der Waals surface area contributed by atoms with Gasteiger partial charge < -0.3 is 10.4 Å². The van der Waals surface area contributed by atoms with Crippen molar-refractivity contribution in [1.29, 1.82) is 0 Å². The van der Waals surface area contributed by atoms with Crippen LogP contribution in [-0.2, 0) is 0 Å². The standard InChI is InChI=1S/C15H15ClN2O2/c16-11-4-2-10-3-5-12(18-13(10)8-11)14(19)17-9-15(20)6-1-7-15/h2-5,8,20H,1,6-7,9H2,(H,17,19). The van der Waals surface area contributed by atoms with Crippen LogP contribution in [0.5, 0.6) is 0 Å². The Labute approximate surface area is 121 Å². The fourth-order valence-electron chi connectivity index (χ4n) is 2.31. The van der Waals surface area contributed by atoms with Gasteiger partial charge in [0.15, 0.2) is 0 Å². The van der Waals surface area contributed by atoms with Gasteiger partial charge in [0.05, 0.1) is 11.1 Å². The van der Waals surface area contributed by atoms with Gasteiger partial charge in [0.2, 0.25) is 0 Å². The van der Waals surface area contributed by atoms with Crippen molar-refractivity contribution in [2.45, 2.75) is 24.9 Å². The first-order valence-corrected chi connectivity index (χ1v) is 7.00. The lowest BCUT2D eigenvalue weighted by Crippen LogP contribution is -2.47. The van der Waals surface area contributed by atoms with Crippen LogP contribution in [0.1, 0.15) is 29.8 Å². The van der Waals surface area contributed by atoms with Crippen molar-refractivity contribution in [3.05, 3.63) is 41.0 Å². The Kier molecular flexibility index (Phi) is 3.36. The third-order valence-electron chi connectivity index (χ3n) is 3.75. The SMILES string of the molecule is O=C(NCC1(O)CCC1)c1ccc2ccc(Cl)cc2n1. The van der Waals surface area contributed by atoms with Crippen LogP contribution in [0, 0.1) is 0 Å². The fourth-order valence-corrected chi connectivity index (χ4v) is 2.48. The fraction of sp³-hybridized carbons (Fsp3) is 0.333. The number of nitrogens with zero attached hydrogens (tertiary/aromatic N) is 1. The molecule has 20 heavy (non-hydrogen) atoms. The van der Waals surface area contributed by atoms with Gasteiger partial charge in [-0.1, -0.05) is 23.7 Å². The molecule has 1 fully saturated rings. The zero-order valence-electron chi connectivity index (χ0n) is 10.9. The van der Waals surface area contributed by atoms with Crippen molar-refractivity contribution in [1.82, 2.24) is 10.3 Å². The molecular weight excluding hydrogens is 276 g/mol. The van der Waals surface area contributed by atoms with Gasteiger partial charge in [-0.3, -0.25) is 4.79 Å². The Bertz CT molecular complexity index is 668. The average Bonchev–Trinajstić information content (AvgIpc) is 2.41. The Balaban J connectivity index is 1.77. The summed E-state index contributed by atoms with van der Waals surface area (Å²) in [5, 5.41) is 14.2. The van der Waals surface area contributed by atoms with Gasteiger partial charge in [-0.05, 0) is 37.5 Å². The number of carbonyl (C=O) groups is 1. The summed E-state index contributed by atoms with van der Waals surface area (Å²) in [5.41, 5.74) is 0.297. The molecule has 104 valence electrons. The third-order valence-corrected chi connectivity index (χ3v) is 3.98. The van der Waals surface area contributed by atoms with E-state index in [1.807, 2.05) is 12.1 Å². The maximum atomic E-state index is 12.0. The molecule has 0 unspecified atom stereocenters. The van der Waals surface area contributed by atoms with Gasteiger partial charge in [0.25, 0.3) is 5.91 Å². The van der Waals surface area contributed by atoms with Crippen LogP contribution in [0.2, 0.25) is 5.02 Å². The van der Waals surface area contributed by atoms with Gasteiger partial charge in [-0.2, -0.15) is 0 Å². The molecule has 0 radical (unpaired) electrons. The molecule has 2 N–H and O–H groups in total. The summed E-state index contributed by atoms with van der Waals surface area (Å²) in [6.07, 6.45) is 2.50. The van der Waals surface area contributed by atoms with E-state index in [1.165, 1.54) is 0 Å². The molecule has 0 bridgehead atoms. The van der Waals surface area contributed by atoms with Crippen molar-refractivity contribution < 1.29 is 9.90 Å². The van der Waals surface area contributed by atoms with Crippen LogP contribution in [0.4, 0.5) is 0 Å². The van der Waals surface area contributed by atoms with Crippen molar-refractivity contribution >= 4 is 28.4 Å². The molecule has 1 aromatic heterocycles. The van der Waals surface area contributed by atoms with E-state index in [4.69, 9.17) is 11.6 Å². The van der Waals surface area contributed by atoms with Crippen LogP contribution in [-0.4, -0.2) is 28.1 Å². The Morgan fingerprint density at radius 1 is 1.35 bits per heavy atom. The quantitative estimate of drug-likeness (QED) is 0.913. The van der Waals surface area contributed by atoms with E-state index >= 15 is 0 Å². The molecule has 3 rings (SSSR count). The number of hydrogen-bond donors (Lipinski definition) is 2. The number of aliphatic hydroxyl groups is 1. The summed E-state index contributed by atoms with van der Waals surface area (Å²) >= 11 is 5.92. The predicted octanol–water partition coefficient (Wildman–Crippen LogP) is 2.53. The smallest absolute Gasteiger partial charge is 0.270 e. The molecular formula is C15H15ClN2O2. The van der Waals surface area contributed by atoms with E-state index in [0.29, 0.717) is 16.2 Å². The van der Waals surface area contributed by atoms with Crippen molar-refractivity contribution in [2.24, 2.45) is 0 Å². The molecule has 0 spiro atoms. The molecule has 2 aromatic rings. The third kappa shape index (κ3) is 2.62. The highest BCUT2D eigenvalue weighted by atomic mass is 35.5. The van der Waals surface area contributed by atoms with E-state index in [0.717, 1.165) is 24.6 Å². The first-order valence-electron chi connectivity index (χ1n) is 6.63. The van der Waals surface area contributed by atoms with E-state index in [2.05, 4.69) is 10.3 Å². The molecule has 0 atom stereocenters. The van der Waals surface area contributed by atoms with Gasteiger partial charge in [-0.15, -0.1) is 0 Å². The topological polar surface area (TPSA) is 62.2 Å². The molecule has 1 aliphatic carbocycles. The maximum absolute atomic E-state index is 12.0. The number of nitrogens with one attached hydrogen (secondary N) is 1. The number of halogens is 1. The molecule has 5 heteroatoms. The number of aromatic nitrogens is 1. The van der Waals surface area contributed by atoms with Crippen molar-refractivity contribution in [3.8, 4) is 0 Å². The number of pyridine rings is 1. The van der Waals surface area contributed by atoms with Gasteiger partial charge in [0.1, 0.15) is 5.69 Å². The van der Waals surface area contributed by atoms with E-state index in [1.54, 1.807) is 18.2 Å². The monoisotopic (exact) mass is 290 g/mol. The zero-order chi connectivity index (χ0) is 14.2. The maximum Gasteiger partial charge on any atom is 0.270 e. The number of rotatable bonds is 3. The Hall–Kier alpha value is -1.65. The van der Waals surface area contributed by atoms with Crippen LogP contribution < -0.4 is 5.32 Å². The minimum atomic E-state index is -0.726. The van der Waals surface area contributed by atoms with Crippen molar-refractivity contribution in [3.63, 3.8) is 0 Å². The minimum Gasteiger partial charge on any atom is -0.388 e. The summed E-state index contributed by atoms with van der Waals surface area (Å²) in [6.45, 7) is 0.279. The molecule has 1 aromatic carbocycles. The lowest BCUT2D eigenvalue weighted by Gasteiger charge is -2.36. The highest BCUT2D eigenvalue weighted by molar-refractivity contribution is 6.31. The second kappa shape index (κ2) is 5.04. The number of benzene rings is 1. The van der Waals surface area contributed by atoms with E-state index < -0.39 is 5.60 Å². The van der Waals surface area contributed by atoms with Crippen LogP contribution in [0.3, 0.4) is 0 Å². The molecule has 0 saturated heterocycles. The number of fused-ring (bicyclic) bond motifs is 1. The highest BCUT2D eigenvalue weighted by Crippen LogP contribution is 2.30. The second-order valence-electron chi connectivity index (χ2n) is 5.29. The van der Waals surface area contributed by atoms with Crippen LogP contribution in [0.25, 0.3) is 10.9 Å². The highest BCUT2D eigenvalue weighted by Gasteiger charge is 2.34. The zero-order valence-corrected chi connectivity index (χ0v) is 11.7. The summed E-state index contributed by atoms with van der Waals surface area (Å²) in [7, 11) is 0. The summed E-state index contributed by atoms with van der Waals surface area (Å²) in [6, 6.07) is 8.90.